The van der Waals surface area contributed by atoms with Crippen LogP contribution in [0.5, 0.6) is 0 Å². The molecule has 1 aliphatic heterocycles. The lowest BCUT2D eigenvalue weighted by Gasteiger charge is -2.26. The number of anilines is 3. The first-order valence-corrected chi connectivity index (χ1v) is 7.46. The van der Waals surface area contributed by atoms with E-state index in [-0.39, 0.29) is 0 Å². The van der Waals surface area contributed by atoms with E-state index in [1.54, 1.807) is 0 Å². The quantitative estimate of drug-likeness (QED) is 0.726. The Morgan fingerprint density at radius 2 is 1.50 bits per heavy atom. The molecule has 3 N–H and O–H groups in total. The molecule has 4 nitrogen and oxygen atoms in total. The van der Waals surface area contributed by atoms with Gasteiger partial charge in [0.2, 0.25) is 0 Å². The predicted molar refractivity (Wildman–Crippen MR) is 75.4 cm³/mol. The van der Waals surface area contributed by atoms with Gasteiger partial charge in [-0.15, -0.1) is 0 Å². The fourth-order valence-corrected chi connectivity index (χ4v) is 3.66. The Bertz CT molecular complexity index is 546. The number of benzene rings is 2. The number of rotatable bonds is 2. The zero-order valence-electron chi connectivity index (χ0n) is 9.97. The molecular formula is C13H14N3OP. The standard InChI is InChI=1S/C13H14N3OP/c1-10-6-8-11(9-7-10)14-18(17)15-12-4-2-3-5-13(12)16-18/h2-9H,1H3,(H3,14,15,16,17). The largest absolute Gasteiger partial charge is 0.623 e. The number of para-hydroxylation sites is 2. The smallest absolute Gasteiger partial charge is 0.250 e. The summed E-state index contributed by atoms with van der Waals surface area (Å²) in [6.07, 6.45) is 0. The van der Waals surface area contributed by atoms with E-state index < -0.39 is 7.94 Å². The van der Waals surface area contributed by atoms with Crippen LogP contribution in [0.1, 0.15) is 5.56 Å². The molecule has 1 heterocycles. The van der Waals surface area contributed by atoms with Crippen LogP contribution in [0.15, 0.2) is 48.5 Å². The zero-order chi connectivity index (χ0) is 12.6. The molecule has 0 saturated carbocycles. The molecule has 5 heteroatoms. The number of fused-ring (bicyclic) bond motifs is 1. The molecule has 0 atom stereocenters. The van der Waals surface area contributed by atoms with E-state index in [9.17, 15) is 4.89 Å². The van der Waals surface area contributed by atoms with Gasteiger partial charge in [0.05, 0.1) is 5.69 Å². The summed E-state index contributed by atoms with van der Waals surface area (Å²) in [5.74, 6) is 0. The molecule has 2 aromatic rings. The first kappa shape index (κ1) is 11.3. The molecule has 0 radical (unpaired) electrons. The first-order chi connectivity index (χ1) is 8.65. The number of aryl methyl sites for hydroxylation is 1. The van der Waals surface area contributed by atoms with Gasteiger partial charge in [-0.05, 0) is 31.2 Å². The molecule has 1 aliphatic rings. The second kappa shape index (κ2) is 4.16. The van der Waals surface area contributed by atoms with Crippen LogP contribution in [0.4, 0.5) is 17.1 Å². The van der Waals surface area contributed by atoms with Crippen molar-refractivity contribution in [2.24, 2.45) is 0 Å². The van der Waals surface area contributed by atoms with Crippen LogP contribution >= 0.6 is 7.94 Å². The minimum Gasteiger partial charge on any atom is -0.623 e. The van der Waals surface area contributed by atoms with Crippen molar-refractivity contribution in [3.63, 3.8) is 0 Å². The molecule has 0 bridgehead atoms. The summed E-state index contributed by atoms with van der Waals surface area (Å²) in [4.78, 5) is 12.6. The van der Waals surface area contributed by atoms with E-state index in [0.717, 1.165) is 17.1 Å². The monoisotopic (exact) mass is 259 g/mol. The minimum absolute atomic E-state index is 0.830. The van der Waals surface area contributed by atoms with Crippen LogP contribution in [0.2, 0.25) is 0 Å². The molecule has 0 unspecified atom stereocenters. The van der Waals surface area contributed by atoms with Crippen LogP contribution in [-0.4, -0.2) is 0 Å². The van der Waals surface area contributed by atoms with E-state index in [1.807, 2.05) is 55.5 Å². The van der Waals surface area contributed by atoms with Crippen molar-refractivity contribution in [1.82, 2.24) is 0 Å². The third-order valence-corrected chi connectivity index (χ3v) is 4.51. The van der Waals surface area contributed by atoms with Gasteiger partial charge in [-0.25, -0.2) is 15.3 Å². The van der Waals surface area contributed by atoms with Crippen molar-refractivity contribution in [2.45, 2.75) is 6.92 Å². The normalized spacial score (nSPS) is 15.4. The van der Waals surface area contributed by atoms with Gasteiger partial charge in [0, 0.05) is 0 Å². The Morgan fingerprint density at radius 3 is 2.06 bits per heavy atom. The topological polar surface area (TPSA) is 59.1 Å². The summed E-state index contributed by atoms with van der Waals surface area (Å²) >= 11 is 0. The molecule has 3 rings (SSSR count). The Labute approximate surface area is 107 Å². The van der Waals surface area contributed by atoms with Crippen LogP contribution in [-0.2, 0) is 0 Å². The second-order valence-corrected chi connectivity index (χ2v) is 6.25. The molecule has 2 aromatic carbocycles. The van der Waals surface area contributed by atoms with Crippen LogP contribution in [0, 0.1) is 6.92 Å². The molecule has 0 saturated heterocycles. The fourth-order valence-electron chi connectivity index (χ4n) is 1.91. The first-order valence-electron chi connectivity index (χ1n) is 5.75. The third-order valence-electron chi connectivity index (χ3n) is 2.82. The highest BCUT2D eigenvalue weighted by Gasteiger charge is 2.34. The maximum Gasteiger partial charge on any atom is 0.250 e. The summed E-state index contributed by atoms with van der Waals surface area (Å²) in [6, 6.07) is 15.4. The Morgan fingerprint density at radius 1 is 0.944 bits per heavy atom. The molecule has 92 valence electrons. The highest BCUT2D eigenvalue weighted by molar-refractivity contribution is 7.73. The number of hydrogen-bond donors (Lipinski definition) is 3. The summed E-state index contributed by atoms with van der Waals surface area (Å²) < 4.78 is 0. The molecule has 0 aromatic heterocycles. The Hall–Kier alpha value is -1.77. The van der Waals surface area contributed by atoms with Crippen molar-refractivity contribution < 1.29 is 4.89 Å². The van der Waals surface area contributed by atoms with Crippen molar-refractivity contribution in [1.29, 1.82) is 0 Å². The Kier molecular flexibility index (Phi) is 2.62. The van der Waals surface area contributed by atoms with E-state index >= 15 is 0 Å². The van der Waals surface area contributed by atoms with Crippen LogP contribution in [0.3, 0.4) is 0 Å². The molecule has 18 heavy (non-hydrogen) atoms. The third kappa shape index (κ3) is 2.13. The van der Waals surface area contributed by atoms with E-state index in [4.69, 9.17) is 0 Å². The van der Waals surface area contributed by atoms with Gasteiger partial charge in [-0.2, -0.15) is 0 Å². The maximum absolute atomic E-state index is 12.6. The Balaban J connectivity index is 1.80. The average Bonchev–Trinajstić information content (AvgIpc) is 2.68. The van der Waals surface area contributed by atoms with Gasteiger partial charge < -0.3 is 4.89 Å². The maximum atomic E-state index is 12.6. The summed E-state index contributed by atoms with van der Waals surface area (Å²) in [5, 5.41) is 9.04. The average molecular weight is 259 g/mol. The second-order valence-electron chi connectivity index (χ2n) is 4.36. The molecule has 0 aliphatic carbocycles. The lowest BCUT2D eigenvalue weighted by molar-refractivity contribution is -0.165. The highest BCUT2D eigenvalue weighted by Crippen LogP contribution is 2.56. The van der Waals surface area contributed by atoms with Crippen molar-refractivity contribution in [3.05, 3.63) is 54.1 Å². The zero-order valence-corrected chi connectivity index (χ0v) is 10.9. The highest BCUT2D eigenvalue weighted by atomic mass is 31.2. The van der Waals surface area contributed by atoms with Gasteiger partial charge in [-0.3, -0.25) is 0 Å². The van der Waals surface area contributed by atoms with Gasteiger partial charge in [0.25, 0.3) is 7.94 Å². The summed E-state index contributed by atoms with van der Waals surface area (Å²) in [7, 11) is -2.84. The van der Waals surface area contributed by atoms with E-state index in [2.05, 4.69) is 15.3 Å². The van der Waals surface area contributed by atoms with E-state index in [0.29, 0.717) is 0 Å². The van der Waals surface area contributed by atoms with Crippen LogP contribution < -0.4 is 20.2 Å². The molecule has 0 fully saturated rings. The number of hydrogen-bond acceptors (Lipinski definition) is 4. The lowest BCUT2D eigenvalue weighted by atomic mass is 10.2. The minimum atomic E-state index is -2.84. The van der Waals surface area contributed by atoms with Crippen molar-refractivity contribution in [2.75, 3.05) is 15.3 Å². The van der Waals surface area contributed by atoms with Gasteiger partial charge in [-0.1, -0.05) is 29.8 Å². The number of nitrogens with one attached hydrogen (secondary N) is 3. The fraction of sp³-hybridized carbons (Fsp3) is 0.0769. The molecule has 0 spiro atoms. The van der Waals surface area contributed by atoms with Gasteiger partial charge >= 0.3 is 0 Å². The predicted octanol–water partition coefficient (Wildman–Crippen LogP) is 2.98. The molecular weight excluding hydrogens is 245 g/mol. The van der Waals surface area contributed by atoms with Gasteiger partial charge in [0.1, 0.15) is 11.4 Å². The lowest BCUT2D eigenvalue weighted by Crippen LogP contribution is -2.26. The SMILES string of the molecule is Cc1ccc(N[P+]2([O-])Nc3ccccc3N2)cc1. The van der Waals surface area contributed by atoms with Gasteiger partial charge in [0.15, 0.2) is 0 Å². The van der Waals surface area contributed by atoms with Crippen molar-refractivity contribution >= 4 is 25.0 Å². The van der Waals surface area contributed by atoms with Crippen molar-refractivity contribution in [3.8, 4) is 0 Å². The summed E-state index contributed by atoms with van der Waals surface area (Å²) in [5.41, 5.74) is 3.73. The van der Waals surface area contributed by atoms with Crippen LogP contribution in [0.25, 0.3) is 0 Å². The molecule has 0 amide bonds. The van der Waals surface area contributed by atoms with E-state index in [1.165, 1.54) is 5.56 Å². The summed E-state index contributed by atoms with van der Waals surface area (Å²) in [6.45, 7) is 2.02.